The van der Waals surface area contributed by atoms with Crippen molar-refractivity contribution >= 4 is 54.7 Å². The molecular weight excluding hydrogens is 574 g/mol. The fourth-order valence-corrected chi connectivity index (χ4v) is 7.19. The number of benzene rings is 7. The molecule has 0 spiro atoms. The van der Waals surface area contributed by atoms with Crippen LogP contribution in [0.1, 0.15) is 0 Å². The van der Waals surface area contributed by atoms with Gasteiger partial charge in [-0.2, -0.15) is 0 Å². The van der Waals surface area contributed by atoms with E-state index < -0.39 is 0 Å². The molecule has 0 aliphatic heterocycles. The highest BCUT2D eigenvalue weighted by molar-refractivity contribution is 6.12. The van der Waals surface area contributed by atoms with Crippen LogP contribution in [0.15, 0.2) is 168 Å². The van der Waals surface area contributed by atoms with Crippen LogP contribution < -0.4 is 0 Å². The first kappa shape index (κ1) is 25.9. The lowest BCUT2D eigenvalue weighted by atomic mass is 10.0. The summed E-state index contributed by atoms with van der Waals surface area (Å²) in [6, 6.07) is 58.1. The van der Waals surface area contributed by atoms with Gasteiger partial charge in [0.15, 0.2) is 5.58 Å². The normalized spacial score (nSPS) is 11.8. The highest BCUT2D eigenvalue weighted by atomic mass is 16.3. The van der Waals surface area contributed by atoms with E-state index in [2.05, 4.69) is 149 Å². The third kappa shape index (κ3) is 3.98. The Labute approximate surface area is 270 Å². The van der Waals surface area contributed by atoms with E-state index >= 15 is 0 Å². The average molecular weight is 602 g/mol. The molecule has 4 heteroatoms. The average Bonchev–Trinajstić information content (AvgIpc) is 3.82. The molecule has 3 heterocycles. The first-order valence-corrected chi connectivity index (χ1v) is 15.9. The number of oxazole rings is 1. The fraction of sp³-hybridized carbons (Fsp3) is 0. The minimum absolute atomic E-state index is 0.633. The Morgan fingerprint density at radius 3 is 1.49 bits per heavy atom. The molecule has 0 N–H and O–H groups in total. The molecule has 0 saturated heterocycles. The van der Waals surface area contributed by atoms with E-state index in [-0.39, 0.29) is 0 Å². The highest BCUT2D eigenvalue weighted by Gasteiger charge is 2.16. The van der Waals surface area contributed by atoms with Crippen molar-refractivity contribution in [2.75, 3.05) is 0 Å². The Morgan fingerprint density at radius 2 is 0.872 bits per heavy atom. The molecule has 0 aliphatic carbocycles. The molecule has 0 fully saturated rings. The summed E-state index contributed by atoms with van der Waals surface area (Å²) in [5.74, 6) is 0.633. The molecule has 3 aromatic heterocycles. The lowest BCUT2D eigenvalue weighted by molar-refractivity contribution is 0.620. The van der Waals surface area contributed by atoms with Gasteiger partial charge in [0.25, 0.3) is 0 Å². The molecule has 220 valence electrons. The van der Waals surface area contributed by atoms with E-state index in [4.69, 9.17) is 9.40 Å². The highest BCUT2D eigenvalue weighted by Crippen LogP contribution is 2.38. The molecule has 4 nitrogen and oxygen atoms in total. The van der Waals surface area contributed by atoms with Gasteiger partial charge in [-0.3, -0.25) is 0 Å². The van der Waals surface area contributed by atoms with E-state index in [1.165, 1.54) is 60.4 Å². The Bertz CT molecular complexity index is 2750. The largest absolute Gasteiger partial charge is 0.436 e. The molecule has 0 amide bonds. The van der Waals surface area contributed by atoms with Gasteiger partial charge in [0.05, 0.1) is 22.1 Å². The summed E-state index contributed by atoms with van der Waals surface area (Å²) in [6.07, 6.45) is 0. The second kappa shape index (κ2) is 10.1. The van der Waals surface area contributed by atoms with Crippen molar-refractivity contribution in [3.63, 3.8) is 0 Å². The van der Waals surface area contributed by atoms with Crippen molar-refractivity contribution in [3.8, 4) is 34.0 Å². The summed E-state index contributed by atoms with van der Waals surface area (Å²) in [6.45, 7) is 0. The number of hydrogen-bond donors (Lipinski definition) is 0. The number of fused-ring (bicyclic) bond motifs is 7. The van der Waals surface area contributed by atoms with E-state index in [0.29, 0.717) is 5.89 Å². The van der Waals surface area contributed by atoms with Crippen LogP contribution in [0.4, 0.5) is 0 Å². The molecule has 0 unspecified atom stereocenters. The van der Waals surface area contributed by atoms with Crippen molar-refractivity contribution in [3.05, 3.63) is 164 Å². The monoisotopic (exact) mass is 601 g/mol. The summed E-state index contributed by atoms with van der Waals surface area (Å²) in [5, 5.41) is 4.97. The lowest BCUT2D eigenvalue weighted by Crippen LogP contribution is -1.94. The summed E-state index contributed by atoms with van der Waals surface area (Å²) in [4.78, 5) is 4.69. The van der Waals surface area contributed by atoms with Gasteiger partial charge in [-0.1, -0.05) is 78.9 Å². The van der Waals surface area contributed by atoms with Crippen molar-refractivity contribution in [2.24, 2.45) is 0 Å². The molecule has 7 aromatic carbocycles. The second-order valence-electron chi connectivity index (χ2n) is 12.0. The van der Waals surface area contributed by atoms with Crippen LogP contribution in [0.5, 0.6) is 0 Å². The van der Waals surface area contributed by atoms with Crippen LogP contribution in [0.25, 0.3) is 88.7 Å². The van der Waals surface area contributed by atoms with Crippen LogP contribution in [-0.4, -0.2) is 14.1 Å². The van der Waals surface area contributed by atoms with Crippen molar-refractivity contribution < 1.29 is 4.42 Å². The van der Waals surface area contributed by atoms with Gasteiger partial charge in [-0.05, 0) is 96.1 Å². The summed E-state index contributed by atoms with van der Waals surface area (Å²) in [7, 11) is 0. The van der Waals surface area contributed by atoms with Gasteiger partial charge in [0.1, 0.15) is 5.52 Å². The quantitative estimate of drug-likeness (QED) is 0.201. The zero-order chi connectivity index (χ0) is 30.9. The summed E-state index contributed by atoms with van der Waals surface area (Å²) < 4.78 is 10.7. The third-order valence-electron chi connectivity index (χ3n) is 9.36. The second-order valence-corrected chi connectivity index (χ2v) is 12.0. The van der Waals surface area contributed by atoms with Gasteiger partial charge in [0.2, 0.25) is 5.89 Å². The number of hydrogen-bond acceptors (Lipinski definition) is 2. The first-order chi connectivity index (χ1) is 23.3. The standard InChI is InChI=1S/C43H27N3O/c1-2-10-31(11-3-1)45-38-15-7-4-12-33(38)35-26-29(20-24-40(35)45)30-21-25-41-36(27-30)34-13-5-8-16-39(34)46(41)32-22-18-28(19-23-32)43-44-37-14-6-9-17-42(37)47-43/h1-27H. The maximum absolute atomic E-state index is 6.04. The Morgan fingerprint density at radius 1 is 0.383 bits per heavy atom. The van der Waals surface area contributed by atoms with Gasteiger partial charge in [-0.25, -0.2) is 4.98 Å². The lowest BCUT2D eigenvalue weighted by Gasteiger charge is -2.10. The molecule has 10 rings (SSSR count). The molecule has 10 aromatic rings. The van der Waals surface area contributed by atoms with Crippen molar-refractivity contribution in [2.45, 2.75) is 0 Å². The number of nitrogens with zero attached hydrogens (tertiary/aromatic N) is 3. The minimum atomic E-state index is 0.633. The topological polar surface area (TPSA) is 35.9 Å². The van der Waals surface area contributed by atoms with Crippen LogP contribution >= 0.6 is 0 Å². The predicted octanol–water partition coefficient (Wildman–Crippen LogP) is 11.4. The minimum Gasteiger partial charge on any atom is -0.436 e. The maximum atomic E-state index is 6.04. The molecule has 0 radical (unpaired) electrons. The van der Waals surface area contributed by atoms with Crippen LogP contribution in [0.2, 0.25) is 0 Å². The number of para-hydroxylation sites is 5. The number of aromatic nitrogens is 3. The van der Waals surface area contributed by atoms with E-state index in [1.807, 2.05) is 24.3 Å². The van der Waals surface area contributed by atoms with E-state index in [0.717, 1.165) is 22.4 Å². The number of rotatable bonds is 4. The van der Waals surface area contributed by atoms with Crippen LogP contribution in [-0.2, 0) is 0 Å². The van der Waals surface area contributed by atoms with Crippen LogP contribution in [0.3, 0.4) is 0 Å². The van der Waals surface area contributed by atoms with Crippen LogP contribution in [0, 0.1) is 0 Å². The SMILES string of the molecule is c1ccc(-n2c3ccccc3c3cc(-c4ccc5c(c4)c4ccccc4n5-c4ccc(-c5nc6ccccc6o5)cc4)ccc32)cc1. The van der Waals surface area contributed by atoms with E-state index in [9.17, 15) is 0 Å². The first-order valence-electron chi connectivity index (χ1n) is 15.9. The van der Waals surface area contributed by atoms with Gasteiger partial charge >= 0.3 is 0 Å². The Balaban J connectivity index is 1.10. The van der Waals surface area contributed by atoms with Gasteiger partial charge < -0.3 is 13.6 Å². The summed E-state index contributed by atoms with van der Waals surface area (Å²) >= 11 is 0. The Kier molecular flexibility index (Phi) is 5.54. The fourth-order valence-electron chi connectivity index (χ4n) is 7.19. The van der Waals surface area contributed by atoms with E-state index in [1.54, 1.807) is 0 Å². The Hall–Kier alpha value is -6.39. The third-order valence-corrected chi connectivity index (χ3v) is 9.36. The predicted molar refractivity (Wildman–Crippen MR) is 194 cm³/mol. The molecule has 0 bridgehead atoms. The zero-order valence-electron chi connectivity index (χ0n) is 25.3. The molecule has 47 heavy (non-hydrogen) atoms. The van der Waals surface area contributed by atoms with Gasteiger partial charge in [0, 0.05) is 38.5 Å². The molecule has 0 saturated carbocycles. The van der Waals surface area contributed by atoms with Gasteiger partial charge in [-0.15, -0.1) is 0 Å². The van der Waals surface area contributed by atoms with Crippen molar-refractivity contribution in [1.82, 2.24) is 14.1 Å². The smallest absolute Gasteiger partial charge is 0.227 e. The summed E-state index contributed by atoms with van der Waals surface area (Å²) in [5.41, 5.74) is 12.1. The maximum Gasteiger partial charge on any atom is 0.227 e. The molecule has 0 aliphatic rings. The molecule has 0 atom stereocenters. The van der Waals surface area contributed by atoms with Crippen molar-refractivity contribution in [1.29, 1.82) is 0 Å². The zero-order valence-corrected chi connectivity index (χ0v) is 25.3. The molecular formula is C43H27N3O.